The molecule has 0 saturated carbocycles. The summed E-state index contributed by atoms with van der Waals surface area (Å²) in [4.78, 5) is 15.1. The van der Waals surface area contributed by atoms with Crippen molar-refractivity contribution in [3.05, 3.63) is 6.33 Å². The van der Waals surface area contributed by atoms with Gasteiger partial charge in [-0.2, -0.15) is 9.97 Å². The number of aliphatic hydroxyl groups excluding tert-OH is 1. The molecular weight excluding hydrogens is 220 g/mol. The Morgan fingerprint density at radius 1 is 1.47 bits per heavy atom. The Hall–Kier alpha value is -1.89. The number of rotatable bonds is 4. The number of nitrogen functional groups attached to an aromatic ring is 1. The fraction of sp³-hybridized carbons (Fsp3) is 0.500. The fourth-order valence-electron chi connectivity index (χ4n) is 1.36. The summed E-state index contributed by atoms with van der Waals surface area (Å²) < 4.78 is 0. The largest absolute Gasteiger partial charge is 0.396 e. The van der Waals surface area contributed by atoms with Crippen molar-refractivity contribution in [1.29, 1.82) is 0 Å². The van der Waals surface area contributed by atoms with Gasteiger partial charge in [0.05, 0.1) is 6.33 Å². The minimum atomic E-state index is -0.230. The van der Waals surface area contributed by atoms with Crippen LogP contribution in [0.15, 0.2) is 6.33 Å². The van der Waals surface area contributed by atoms with E-state index in [1.54, 1.807) is 6.33 Å². The summed E-state index contributed by atoms with van der Waals surface area (Å²) in [6, 6.07) is 0. The van der Waals surface area contributed by atoms with Gasteiger partial charge in [-0.3, -0.25) is 0 Å². The number of anilines is 2. The lowest BCUT2D eigenvalue weighted by atomic mass is 9.95. The molecule has 7 nitrogen and oxygen atoms in total. The predicted octanol–water partition coefficient (Wildman–Crippen LogP) is 0.365. The first-order chi connectivity index (χ1) is 8.02. The molecule has 2 aromatic rings. The second kappa shape index (κ2) is 4.17. The highest BCUT2D eigenvalue weighted by Crippen LogP contribution is 2.20. The van der Waals surface area contributed by atoms with Gasteiger partial charge >= 0.3 is 0 Å². The Balaban J connectivity index is 2.26. The van der Waals surface area contributed by atoms with E-state index >= 15 is 0 Å². The molecule has 0 bridgehead atoms. The highest BCUT2D eigenvalue weighted by Gasteiger charge is 2.17. The summed E-state index contributed by atoms with van der Waals surface area (Å²) in [7, 11) is 0. The smallest absolute Gasteiger partial charge is 0.224 e. The van der Waals surface area contributed by atoms with Crippen LogP contribution in [0.3, 0.4) is 0 Å². The van der Waals surface area contributed by atoms with Crippen molar-refractivity contribution in [2.45, 2.75) is 13.8 Å². The van der Waals surface area contributed by atoms with Crippen molar-refractivity contribution < 1.29 is 5.11 Å². The van der Waals surface area contributed by atoms with Crippen molar-refractivity contribution in [2.24, 2.45) is 5.41 Å². The third-order valence-corrected chi connectivity index (χ3v) is 2.47. The van der Waals surface area contributed by atoms with E-state index in [1.807, 2.05) is 13.8 Å². The molecule has 0 aliphatic heterocycles. The topological polar surface area (TPSA) is 113 Å². The third kappa shape index (κ3) is 2.44. The van der Waals surface area contributed by atoms with E-state index in [0.717, 1.165) is 0 Å². The van der Waals surface area contributed by atoms with Crippen molar-refractivity contribution in [3.8, 4) is 0 Å². The van der Waals surface area contributed by atoms with Gasteiger partial charge in [0.1, 0.15) is 5.52 Å². The van der Waals surface area contributed by atoms with E-state index in [2.05, 4.69) is 25.3 Å². The van der Waals surface area contributed by atoms with Crippen LogP contribution in [0, 0.1) is 5.41 Å². The van der Waals surface area contributed by atoms with E-state index in [1.165, 1.54) is 0 Å². The number of hydrogen-bond donors (Lipinski definition) is 4. The molecule has 0 unspecified atom stereocenters. The van der Waals surface area contributed by atoms with Gasteiger partial charge in [0.25, 0.3) is 0 Å². The van der Waals surface area contributed by atoms with Gasteiger partial charge in [-0.15, -0.1) is 0 Å². The second-order valence-corrected chi connectivity index (χ2v) is 4.71. The number of fused-ring (bicyclic) bond motifs is 1. The van der Waals surface area contributed by atoms with Crippen LogP contribution >= 0.6 is 0 Å². The molecule has 7 heteroatoms. The summed E-state index contributed by atoms with van der Waals surface area (Å²) in [5, 5.41) is 12.3. The van der Waals surface area contributed by atoms with Crippen LogP contribution in [0.4, 0.5) is 11.8 Å². The van der Waals surface area contributed by atoms with E-state index in [0.29, 0.717) is 23.5 Å². The summed E-state index contributed by atoms with van der Waals surface area (Å²) in [6.07, 6.45) is 1.54. The van der Waals surface area contributed by atoms with Crippen molar-refractivity contribution in [2.75, 3.05) is 24.2 Å². The molecule has 17 heavy (non-hydrogen) atoms. The van der Waals surface area contributed by atoms with E-state index in [4.69, 9.17) is 5.73 Å². The van der Waals surface area contributed by atoms with Crippen molar-refractivity contribution >= 4 is 22.9 Å². The Morgan fingerprint density at radius 3 is 2.94 bits per heavy atom. The molecule has 0 spiro atoms. The second-order valence-electron chi connectivity index (χ2n) is 4.71. The third-order valence-electron chi connectivity index (χ3n) is 2.47. The molecule has 0 saturated heterocycles. The molecular formula is C10H16N6O. The average molecular weight is 236 g/mol. The van der Waals surface area contributed by atoms with E-state index in [9.17, 15) is 5.11 Å². The molecule has 2 rings (SSSR count). The van der Waals surface area contributed by atoms with Crippen LogP contribution in [-0.4, -0.2) is 38.2 Å². The Bertz CT molecular complexity index is 520. The zero-order chi connectivity index (χ0) is 12.5. The lowest BCUT2D eigenvalue weighted by Crippen LogP contribution is -2.27. The van der Waals surface area contributed by atoms with Crippen LogP contribution in [0.5, 0.6) is 0 Å². The van der Waals surface area contributed by atoms with Crippen molar-refractivity contribution in [3.63, 3.8) is 0 Å². The van der Waals surface area contributed by atoms with Gasteiger partial charge in [0.15, 0.2) is 11.5 Å². The normalized spacial score (nSPS) is 11.9. The fourth-order valence-corrected chi connectivity index (χ4v) is 1.36. The first-order valence-corrected chi connectivity index (χ1v) is 5.33. The monoisotopic (exact) mass is 236 g/mol. The van der Waals surface area contributed by atoms with Crippen LogP contribution in [0.25, 0.3) is 11.2 Å². The molecule has 2 heterocycles. The van der Waals surface area contributed by atoms with Gasteiger partial charge < -0.3 is 21.1 Å². The molecule has 0 amide bonds. The Kier molecular flexibility index (Phi) is 2.84. The predicted molar refractivity (Wildman–Crippen MR) is 65.5 cm³/mol. The number of nitrogens with one attached hydrogen (secondary N) is 2. The quantitative estimate of drug-likeness (QED) is 0.610. The van der Waals surface area contributed by atoms with Gasteiger partial charge in [0, 0.05) is 18.6 Å². The number of imidazole rings is 1. The number of hydrogen-bond acceptors (Lipinski definition) is 6. The molecule has 0 aliphatic carbocycles. The molecule has 0 atom stereocenters. The number of nitrogens with two attached hydrogens (primary N) is 1. The molecule has 0 aromatic carbocycles. The Morgan fingerprint density at radius 2 is 2.24 bits per heavy atom. The molecule has 0 fully saturated rings. The van der Waals surface area contributed by atoms with Crippen LogP contribution in [-0.2, 0) is 0 Å². The maximum Gasteiger partial charge on any atom is 0.224 e. The molecule has 5 N–H and O–H groups in total. The number of aliphatic hydroxyl groups is 1. The number of aromatic amines is 1. The zero-order valence-electron chi connectivity index (χ0n) is 9.86. The van der Waals surface area contributed by atoms with Crippen LogP contribution in [0.1, 0.15) is 13.8 Å². The van der Waals surface area contributed by atoms with Crippen LogP contribution in [0.2, 0.25) is 0 Å². The maximum atomic E-state index is 9.18. The molecule has 0 aliphatic rings. The SMILES string of the molecule is CC(C)(CO)CNc1nc(N)nc2nc[nH]c12. The maximum absolute atomic E-state index is 9.18. The van der Waals surface area contributed by atoms with E-state index in [-0.39, 0.29) is 18.0 Å². The molecule has 0 radical (unpaired) electrons. The minimum absolute atomic E-state index is 0.0900. The minimum Gasteiger partial charge on any atom is -0.396 e. The highest BCUT2D eigenvalue weighted by molar-refractivity contribution is 5.83. The molecule has 2 aromatic heterocycles. The lowest BCUT2D eigenvalue weighted by molar-refractivity contribution is 0.171. The lowest BCUT2D eigenvalue weighted by Gasteiger charge is -2.22. The average Bonchev–Trinajstić information content (AvgIpc) is 2.73. The summed E-state index contributed by atoms with van der Waals surface area (Å²) in [5.74, 6) is 0.778. The van der Waals surface area contributed by atoms with Crippen LogP contribution < -0.4 is 11.1 Å². The summed E-state index contributed by atoms with van der Waals surface area (Å²) in [6.45, 7) is 4.57. The van der Waals surface area contributed by atoms with Gasteiger partial charge in [-0.25, -0.2) is 4.98 Å². The summed E-state index contributed by atoms with van der Waals surface area (Å²) in [5.41, 5.74) is 6.61. The number of nitrogens with zero attached hydrogens (tertiary/aromatic N) is 3. The number of H-pyrrole nitrogens is 1. The first kappa shape index (κ1) is 11.6. The summed E-state index contributed by atoms with van der Waals surface area (Å²) >= 11 is 0. The Labute approximate surface area is 98.5 Å². The van der Waals surface area contributed by atoms with Gasteiger partial charge in [-0.1, -0.05) is 13.8 Å². The van der Waals surface area contributed by atoms with Gasteiger partial charge in [-0.05, 0) is 0 Å². The molecule has 92 valence electrons. The standard InChI is InChI=1S/C10H16N6O/c1-10(2,4-17)3-12-7-6-8(14-5-13-6)16-9(11)15-7/h5,17H,3-4H2,1-2H3,(H4,11,12,13,14,15,16). The zero-order valence-corrected chi connectivity index (χ0v) is 9.86. The van der Waals surface area contributed by atoms with Crippen molar-refractivity contribution in [1.82, 2.24) is 19.9 Å². The first-order valence-electron chi connectivity index (χ1n) is 5.33. The number of aromatic nitrogens is 4. The highest BCUT2D eigenvalue weighted by atomic mass is 16.3. The van der Waals surface area contributed by atoms with Gasteiger partial charge in [0.2, 0.25) is 5.95 Å². The van der Waals surface area contributed by atoms with E-state index < -0.39 is 0 Å².